The Morgan fingerprint density at radius 1 is 0.370 bits per heavy atom. The van der Waals surface area contributed by atoms with E-state index in [1.54, 1.807) is 6.26 Å². The molecular weight excluding hydrogens is 328 g/mol. The first-order valence-electron chi connectivity index (χ1n) is 9.12. The number of furan rings is 1. The first kappa shape index (κ1) is 15.7. The van der Waals surface area contributed by atoms with E-state index in [0.29, 0.717) is 0 Å². The lowest BCUT2D eigenvalue weighted by molar-refractivity contribution is 0.616. The summed E-state index contributed by atoms with van der Waals surface area (Å²) in [6.07, 6.45) is 1.70. The molecule has 1 heteroatoms. The molecule has 0 spiro atoms. The summed E-state index contributed by atoms with van der Waals surface area (Å²) in [5, 5.41) is 9.12. The minimum atomic E-state index is 0.956. The van der Waals surface area contributed by atoms with Crippen LogP contribution in [-0.2, 0) is 0 Å². The fraction of sp³-hybridized carbons (Fsp3) is 0. The van der Waals surface area contributed by atoms with E-state index in [9.17, 15) is 0 Å². The van der Waals surface area contributed by atoms with Crippen molar-refractivity contribution in [3.8, 4) is 0 Å². The Balaban J connectivity index is 0.000000149. The lowest BCUT2D eigenvalue weighted by atomic mass is 9.97. The normalized spacial score (nSPS) is 11.0. The van der Waals surface area contributed by atoms with E-state index in [2.05, 4.69) is 72.8 Å². The zero-order valence-electron chi connectivity index (χ0n) is 14.8. The predicted molar refractivity (Wildman–Crippen MR) is 115 cm³/mol. The molecule has 1 aromatic heterocycles. The van der Waals surface area contributed by atoms with E-state index in [0.717, 1.165) is 11.0 Å². The van der Waals surface area contributed by atoms with Crippen molar-refractivity contribution in [3.63, 3.8) is 0 Å². The van der Waals surface area contributed by atoms with Gasteiger partial charge in [0.1, 0.15) is 5.58 Å². The molecule has 6 rings (SSSR count). The largest absolute Gasteiger partial charge is 0.464 e. The summed E-state index contributed by atoms with van der Waals surface area (Å²) in [6, 6.07) is 35.9. The van der Waals surface area contributed by atoms with Gasteiger partial charge in [0, 0.05) is 5.39 Å². The Labute approximate surface area is 157 Å². The Morgan fingerprint density at radius 3 is 1.48 bits per heavy atom. The summed E-state index contributed by atoms with van der Waals surface area (Å²) in [5.74, 6) is 0. The van der Waals surface area contributed by atoms with Gasteiger partial charge >= 0.3 is 0 Å². The van der Waals surface area contributed by atoms with E-state index >= 15 is 0 Å². The fourth-order valence-corrected chi connectivity index (χ4v) is 3.68. The van der Waals surface area contributed by atoms with Crippen molar-refractivity contribution in [2.24, 2.45) is 0 Å². The quantitative estimate of drug-likeness (QED) is 0.258. The van der Waals surface area contributed by atoms with Crippen molar-refractivity contribution >= 4 is 43.3 Å². The molecule has 0 aliphatic carbocycles. The monoisotopic (exact) mass is 346 g/mol. The maximum Gasteiger partial charge on any atom is 0.133 e. The van der Waals surface area contributed by atoms with Crippen molar-refractivity contribution in [2.75, 3.05) is 0 Å². The zero-order chi connectivity index (χ0) is 18.1. The first-order valence-corrected chi connectivity index (χ1v) is 9.12. The molecule has 1 heterocycles. The van der Waals surface area contributed by atoms with Gasteiger partial charge < -0.3 is 4.42 Å². The highest BCUT2D eigenvalue weighted by Gasteiger charge is 2.03. The van der Waals surface area contributed by atoms with Crippen molar-refractivity contribution in [1.82, 2.24) is 0 Å². The summed E-state index contributed by atoms with van der Waals surface area (Å²) in [5.41, 5.74) is 0.956. The van der Waals surface area contributed by atoms with Crippen LogP contribution < -0.4 is 0 Å². The number of para-hydroxylation sites is 1. The molecule has 6 aromatic rings. The third-order valence-electron chi connectivity index (χ3n) is 5.01. The maximum atomic E-state index is 5.12. The van der Waals surface area contributed by atoms with Gasteiger partial charge in [-0.05, 0) is 44.5 Å². The Hall–Kier alpha value is -3.58. The van der Waals surface area contributed by atoms with Crippen LogP contribution in [0.4, 0.5) is 0 Å². The fourth-order valence-electron chi connectivity index (χ4n) is 3.68. The predicted octanol–water partition coefficient (Wildman–Crippen LogP) is 7.58. The second-order valence-corrected chi connectivity index (χ2v) is 6.63. The van der Waals surface area contributed by atoms with Crippen LogP contribution >= 0.6 is 0 Å². The smallest absolute Gasteiger partial charge is 0.133 e. The lowest BCUT2D eigenvalue weighted by Gasteiger charge is -2.07. The summed E-state index contributed by atoms with van der Waals surface area (Å²) < 4.78 is 5.12. The SMILES string of the molecule is c1ccc2c(c1)ccc1c3ccccc3ccc21.c1ccc2occc2c1. The van der Waals surface area contributed by atoms with Crippen molar-refractivity contribution in [3.05, 3.63) is 109 Å². The summed E-state index contributed by atoms with van der Waals surface area (Å²) in [4.78, 5) is 0. The molecular formula is C26H18O. The second-order valence-electron chi connectivity index (χ2n) is 6.63. The first-order chi connectivity index (χ1) is 13.4. The highest BCUT2D eigenvalue weighted by molar-refractivity contribution is 6.17. The van der Waals surface area contributed by atoms with Crippen molar-refractivity contribution < 1.29 is 4.42 Å². The van der Waals surface area contributed by atoms with E-state index in [1.807, 2.05) is 30.3 Å². The molecule has 5 aromatic carbocycles. The lowest BCUT2D eigenvalue weighted by Crippen LogP contribution is -1.79. The van der Waals surface area contributed by atoms with Gasteiger partial charge in [-0.15, -0.1) is 0 Å². The summed E-state index contributed by atoms with van der Waals surface area (Å²) in [6.45, 7) is 0. The molecule has 0 N–H and O–H groups in total. The van der Waals surface area contributed by atoms with Crippen molar-refractivity contribution in [1.29, 1.82) is 0 Å². The van der Waals surface area contributed by atoms with Crippen LogP contribution in [0, 0.1) is 0 Å². The second kappa shape index (κ2) is 6.62. The van der Waals surface area contributed by atoms with Gasteiger partial charge in [-0.25, -0.2) is 0 Å². The number of hydrogen-bond donors (Lipinski definition) is 0. The molecule has 0 radical (unpaired) electrons. The molecule has 128 valence electrons. The molecule has 27 heavy (non-hydrogen) atoms. The molecule has 1 nitrogen and oxygen atoms in total. The van der Waals surface area contributed by atoms with Crippen molar-refractivity contribution in [2.45, 2.75) is 0 Å². The van der Waals surface area contributed by atoms with Gasteiger partial charge in [-0.2, -0.15) is 0 Å². The molecule has 0 saturated heterocycles. The average Bonchev–Trinajstić information content (AvgIpc) is 3.23. The number of benzene rings is 5. The minimum absolute atomic E-state index is 0.956. The van der Waals surface area contributed by atoms with Crippen LogP contribution in [0.15, 0.2) is 114 Å². The van der Waals surface area contributed by atoms with Gasteiger partial charge in [0.05, 0.1) is 6.26 Å². The number of fused-ring (bicyclic) bond motifs is 6. The third-order valence-corrected chi connectivity index (χ3v) is 5.01. The maximum absolute atomic E-state index is 5.12. The molecule has 0 fully saturated rings. The topological polar surface area (TPSA) is 13.1 Å². The minimum Gasteiger partial charge on any atom is -0.464 e. The molecule has 0 atom stereocenters. The molecule has 0 aliphatic heterocycles. The standard InChI is InChI=1S/C18H12.C8H6O/c1-3-7-15-13(5-1)9-11-18-16-8-4-2-6-14(16)10-12-17(15)18;1-2-4-8-7(3-1)5-6-9-8/h1-12H;1-6H. The molecule has 0 bridgehead atoms. The van der Waals surface area contributed by atoms with Crippen LogP contribution in [0.2, 0.25) is 0 Å². The van der Waals surface area contributed by atoms with E-state index < -0.39 is 0 Å². The highest BCUT2D eigenvalue weighted by atomic mass is 16.3. The number of rotatable bonds is 0. The van der Waals surface area contributed by atoms with Gasteiger partial charge in [0.25, 0.3) is 0 Å². The van der Waals surface area contributed by atoms with Gasteiger partial charge in [0.15, 0.2) is 0 Å². The van der Waals surface area contributed by atoms with Crippen LogP contribution in [0.3, 0.4) is 0 Å². The number of hydrogen-bond acceptors (Lipinski definition) is 1. The Kier molecular flexibility index (Phi) is 3.84. The van der Waals surface area contributed by atoms with Gasteiger partial charge in [-0.3, -0.25) is 0 Å². The van der Waals surface area contributed by atoms with E-state index in [4.69, 9.17) is 4.42 Å². The highest BCUT2D eigenvalue weighted by Crippen LogP contribution is 2.30. The summed E-state index contributed by atoms with van der Waals surface area (Å²) >= 11 is 0. The molecule has 0 unspecified atom stereocenters. The Bertz CT molecular complexity index is 1270. The summed E-state index contributed by atoms with van der Waals surface area (Å²) in [7, 11) is 0. The molecule has 0 aliphatic rings. The van der Waals surface area contributed by atoms with Gasteiger partial charge in [0.2, 0.25) is 0 Å². The molecule has 0 amide bonds. The van der Waals surface area contributed by atoms with Crippen LogP contribution in [0.5, 0.6) is 0 Å². The van der Waals surface area contributed by atoms with E-state index in [1.165, 1.54) is 32.3 Å². The van der Waals surface area contributed by atoms with Gasteiger partial charge in [-0.1, -0.05) is 91.0 Å². The Morgan fingerprint density at radius 2 is 0.889 bits per heavy atom. The van der Waals surface area contributed by atoms with Crippen LogP contribution in [0.1, 0.15) is 0 Å². The molecule has 0 saturated carbocycles. The van der Waals surface area contributed by atoms with E-state index in [-0.39, 0.29) is 0 Å². The third kappa shape index (κ3) is 2.84. The van der Waals surface area contributed by atoms with Crippen LogP contribution in [-0.4, -0.2) is 0 Å². The van der Waals surface area contributed by atoms with Crippen LogP contribution in [0.25, 0.3) is 43.3 Å². The average molecular weight is 346 g/mol. The zero-order valence-corrected chi connectivity index (χ0v) is 14.8.